The van der Waals surface area contributed by atoms with Crippen LogP contribution in [0.2, 0.25) is 0 Å². The standard InChI is InChI=1S/C7H9N3/c8-4-6-2-1-3-7(5-9)10-6/h1-4,8H,5,9H2. The average molecular weight is 135 g/mol. The molecule has 3 heteroatoms. The van der Waals surface area contributed by atoms with E-state index in [1.807, 2.05) is 12.1 Å². The van der Waals surface area contributed by atoms with Gasteiger partial charge in [0.25, 0.3) is 0 Å². The van der Waals surface area contributed by atoms with Crippen molar-refractivity contribution in [2.24, 2.45) is 5.73 Å². The van der Waals surface area contributed by atoms with Crippen LogP contribution >= 0.6 is 0 Å². The van der Waals surface area contributed by atoms with E-state index in [0.29, 0.717) is 12.2 Å². The zero-order valence-electron chi connectivity index (χ0n) is 5.54. The third-order valence-electron chi connectivity index (χ3n) is 1.19. The number of rotatable bonds is 2. The smallest absolute Gasteiger partial charge is 0.0809 e. The molecule has 0 fully saturated rings. The molecule has 0 atom stereocenters. The SMILES string of the molecule is N=Cc1cccc(CN)n1. The van der Waals surface area contributed by atoms with E-state index < -0.39 is 0 Å². The second kappa shape index (κ2) is 3.08. The van der Waals surface area contributed by atoms with Crippen molar-refractivity contribution in [2.45, 2.75) is 6.54 Å². The molecule has 1 rings (SSSR count). The molecule has 0 radical (unpaired) electrons. The van der Waals surface area contributed by atoms with Crippen LogP contribution in [0.25, 0.3) is 0 Å². The number of pyridine rings is 1. The predicted octanol–water partition coefficient (Wildman–Crippen LogP) is 0.538. The topological polar surface area (TPSA) is 62.8 Å². The molecule has 1 aromatic heterocycles. The molecule has 0 bridgehead atoms. The van der Waals surface area contributed by atoms with Crippen LogP contribution < -0.4 is 5.73 Å². The third kappa shape index (κ3) is 1.39. The van der Waals surface area contributed by atoms with Crippen molar-refractivity contribution in [1.29, 1.82) is 5.41 Å². The molecule has 0 saturated carbocycles. The molecule has 0 aliphatic heterocycles. The van der Waals surface area contributed by atoms with Gasteiger partial charge in [0, 0.05) is 12.8 Å². The summed E-state index contributed by atoms with van der Waals surface area (Å²) in [6.45, 7) is 0.432. The minimum Gasteiger partial charge on any atom is -0.325 e. The van der Waals surface area contributed by atoms with Gasteiger partial charge >= 0.3 is 0 Å². The maximum Gasteiger partial charge on any atom is 0.0809 e. The van der Waals surface area contributed by atoms with Crippen molar-refractivity contribution >= 4 is 6.21 Å². The van der Waals surface area contributed by atoms with Crippen molar-refractivity contribution in [2.75, 3.05) is 0 Å². The molecule has 3 nitrogen and oxygen atoms in total. The molecular formula is C7H9N3. The Labute approximate surface area is 59.4 Å². The molecule has 52 valence electrons. The summed E-state index contributed by atoms with van der Waals surface area (Å²) in [5.41, 5.74) is 6.81. The highest BCUT2D eigenvalue weighted by Gasteiger charge is 1.90. The molecule has 0 amide bonds. The second-order valence-electron chi connectivity index (χ2n) is 1.90. The van der Waals surface area contributed by atoms with Gasteiger partial charge in [-0.3, -0.25) is 4.98 Å². The van der Waals surface area contributed by atoms with E-state index in [1.165, 1.54) is 6.21 Å². The Morgan fingerprint density at radius 1 is 1.60 bits per heavy atom. The Balaban J connectivity index is 2.98. The molecule has 0 aliphatic carbocycles. The van der Waals surface area contributed by atoms with Crippen LogP contribution in [0, 0.1) is 5.41 Å². The Bertz CT molecular complexity index is 232. The largest absolute Gasteiger partial charge is 0.325 e. The monoisotopic (exact) mass is 135 g/mol. The van der Waals surface area contributed by atoms with Gasteiger partial charge in [0.1, 0.15) is 0 Å². The number of nitrogens with two attached hydrogens (primary N) is 1. The fourth-order valence-corrected chi connectivity index (χ4v) is 0.692. The fourth-order valence-electron chi connectivity index (χ4n) is 0.692. The molecule has 0 unspecified atom stereocenters. The van der Waals surface area contributed by atoms with E-state index in [9.17, 15) is 0 Å². The van der Waals surface area contributed by atoms with Crippen molar-refractivity contribution < 1.29 is 0 Å². The van der Waals surface area contributed by atoms with Crippen molar-refractivity contribution in [1.82, 2.24) is 4.98 Å². The second-order valence-corrected chi connectivity index (χ2v) is 1.90. The maximum atomic E-state index is 6.89. The van der Waals surface area contributed by atoms with E-state index in [2.05, 4.69) is 4.98 Å². The third-order valence-corrected chi connectivity index (χ3v) is 1.19. The Kier molecular flexibility index (Phi) is 2.12. The van der Waals surface area contributed by atoms with Gasteiger partial charge in [0.05, 0.1) is 11.4 Å². The highest BCUT2D eigenvalue weighted by molar-refractivity contribution is 5.73. The lowest BCUT2D eigenvalue weighted by Gasteiger charge is -1.94. The van der Waals surface area contributed by atoms with Crippen LogP contribution in [-0.4, -0.2) is 11.2 Å². The van der Waals surface area contributed by atoms with Crippen LogP contribution in [0.3, 0.4) is 0 Å². The minimum absolute atomic E-state index is 0.432. The summed E-state index contributed by atoms with van der Waals surface area (Å²) in [6.07, 6.45) is 1.21. The summed E-state index contributed by atoms with van der Waals surface area (Å²) >= 11 is 0. The van der Waals surface area contributed by atoms with Gasteiger partial charge in [0.2, 0.25) is 0 Å². The van der Waals surface area contributed by atoms with Gasteiger partial charge in [-0.05, 0) is 12.1 Å². The van der Waals surface area contributed by atoms with Crippen molar-refractivity contribution in [3.63, 3.8) is 0 Å². The van der Waals surface area contributed by atoms with Crippen LogP contribution in [0.4, 0.5) is 0 Å². The number of hydrogen-bond acceptors (Lipinski definition) is 3. The lowest BCUT2D eigenvalue weighted by Crippen LogP contribution is -2.00. The summed E-state index contributed by atoms with van der Waals surface area (Å²) in [7, 11) is 0. The van der Waals surface area contributed by atoms with Crippen molar-refractivity contribution in [3.8, 4) is 0 Å². The summed E-state index contributed by atoms with van der Waals surface area (Å²) in [6, 6.07) is 5.45. The zero-order chi connectivity index (χ0) is 7.40. The number of nitrogens with zero attached hydrogens (tertiary/aromatic N) is 1. The highest BCUT2D eigenvalue weighted by atomic mass is 14.7. The molecule has 0 aliphatic rings. The van der Waals surface area contributed by atoms with Gasteiger partial charge in [-0.1, -0.05) is 6.07 Å². The highest BCUT2D eigenvalue weighted by Crippen LogP contribution is 1.94. The lowest BCUT2D eigenvalue weighted by molar-refractivity contribution is 0.986. The molecular weight excluding hydrogens is 126 g/mol. The van der Waals surface area contributed by atoms with Gasteiger partial charge in [-0.2, -0.15) is 0 Å². The number of aromatic nitrogens is 1. The molecule has 10 heavy (non-hydrogen) atoms. The average Bonchev–Trinajstić information content (AvgIpc) is 2.05. The lowest BCUT2D eigenvalue weighted by atomic mass is 10.3. The van der Waals surface area contributed by atoms with E-state index in [-0.39, 0.29) is 0 Å². The molecule has 0 spiro atoms. The maximum absolute atomic E-state index is 6.89. The molecule has 1 heterocycles. The first kappa shape index (κ1) is 6.89. The normalized spacial score (nSPS) is 9.30. The van der Waals surface area contributed by atoms with E-state index in [4.69, 9.17) is 11.1 Å². The Morgan fingerprint density at radius 3 is 3.00 bits per heavy atom. The first-order valence-electron chi connectivity index (χ1n) is 3.03. The Hall–Kier alpha value is -1.22. The fraction of sp³-hybridized carbons (Fsp3) is 0.143. The molecule has 1 aromatic rings. The summed E-state index contributed by atoms with van der Waals surface area (Å²) in [5.74, 6) is 0. The van der Waals surface area contributed by atoms with Crippen LogP contribution in [0.15, 0.2) is 18.2 Å². The molecule has 0 aromatic carbocycles. The predicted molar refractivity (Wildman–Crippen MR) is 40.0 cm³/mol. The van der Waals surface area contributed by atoms with E-state index >= 15 is 0 Å². The summed E-state index contributed by atoms with van der Waals surface area (Å²) in [4.78, 5) is 4.04. The van der Waals surface area contributed by atoms with Crippen LogP contribution in [-0.2, 0) is 6.54 Å². The molecule has 0 saturated heterocycles. The summed E-state index contributed by atoms with van der Waals surface area (Å²) < 4.78 is 0. The van der Waals surface area contributed by atoms with Gasteiger partial charge < -0.3 is 11.1 Å². The van der Waals surface area contributed by atoms with Crippen LogP contribution in [0.1, 0.15) is 11.4 Å². The minimum atomic E-state index is 0.432. The Morgan fingerprint density at radius 2 is 2.40 bits per heavy atom. The summed E-state index contributed by atoms with van der Waals surface area (Å²) in [5, 5.41) is 6.89. The van der Waals surface area contributed by atoms with Crippen LogP contribution in [0.5, 0.6) is 0 Å². The molecule has 3 N–H and O–H groups in total. The zero-order valence-corrected chi connectivity index (χ0v) is 5.54. The quantitative estimate of drug-likeness (QED) is 0.581. The van der Waals surface area contributed by atoms with Gasteiger partial charge in [-0.25, -0.2) is 0 Å². The van der Waals surface area contributed by atoms with Crippen molar-refractivity contribution in [3.05, 3.63) is 29.6 Å². The van der Waals surface area contributed by atoms with Gasteiger partial charge in [-0.15, -0.1) is 0 Å². The van der Waals surface area contributed by atoms with E-state index in [0.717, 1.165) is 5.69 Å². The van der Waals surface area contributed by atoms with E-state index in [1.54, 1.807) is 6.07 Å². The number of hydrogen-bond donors (Lipinski definition) is 2. The van der Waals surface area contributed by atoms with Gasteiger partial charge in [0.15, 0.2) is 0 Å². The number of nitrogens with one attached hydrogen (secondary N) is 1. The first-order chi connectivity index (χ1) is 4.86. The first-order valence-corrected chi connectivity index (χ1v) is 3.03.